The maximum absolute atomic E-state index is 13.8. The van der Waals surface area contributed by atoms with E-state index in [2.05, 4.69) is 10.2 Å². The summed E-state index contributed by atoms with van der Waals surface area (Å²) >= 11 is 0. The molecule has 0 N–H and O–H groups in total. The van der Waals surface area contributed by atoms with Crippen LogP contribution in [0.1, 0.15) is 47.6 Å². The van der Waals surface area contributed by atoms with Gasteiger partial charge >= 0.3 is 6.09 Å². The van der Waals surface area contributed by atoms with Crippen LogP contribution in [0.2, 0.25) is 0 Å². The van der Waals surface area contributed by atoms with Crippen molar-refractivity contribution in [3.63, 3.8) is 0 Å². The standard InChI is InChI=1S/C25H29N5O3/c1-6-19-15-28(21-13-16(3)17(4)14-22(21)29(19)25(32)33-7-2)24(31)23-18(5)26-30(27-23)20-11-9-8-10-12-20/h8-14,19H,6-7,15H2,1-5H3. The Morgan fingerprint density at radius 2 is 1.67 bits per heavy atom. The lowest BCUT2D eigenvalue weighted by Gasteiger charge is -2.41. The molecule has 8 nitrogen and oxygen atoms in total. The first kappa shape index (κ1) is 22.5. The molecular weight excluding hydrogens is 418 g/mol. The van der Waals surface area contributed by atoms with E-state index in [4.69, 9.17) is 4.74 Å². The fraction of sp³-hybridized carbons (Fsp3) is 0.360. The maximum Gasteiger partial charge on any atom is 0.414 e. The molecule has 2 amide bonds. The van der Waals surface area contributed by atoms with E-state index in [9.17, 15) is 9.59 Å². The number of ether oxygens (including phenoxy) is 1. The van der Waals surface area contributed by atoms with Gasteiger partial charge < -0.3 is 9.64 Å². The summed E-state index contributed by atoms with van der Waals surface area (Å²) in [5.41, 5.74) is 5.06. The molecule has 0 aliphatic carbocycles. The fourth-order valence-electron chi connectivity index (χ4n) is 4.11. The first-order chi connectivity index (χ1) is 15.8. The van der Waals surface area contributed by atoms with E-state index >= 15 is 0 Å². The second-order valence-corrected chi connectivity index (χ2v) is 8.23. The summed E-state index contributed by atoms with van der Waals surface area (Å²) in [6.45, 7) is 10.2. The third kappa shape index (κ3) is 4.08. The number of hydrogen-bond acceptors (Lipinski definition) is 5. The molecule has 1 atom stereocenters. The Morgan fingerprint density at radius 3 is 2.30 bits per heavy atom. The average molecular weight is 448 g/mol. The number of aryl methyl sites for hydroxylation is 3. The first-order valence-corrected chi connectivity index (χ1v) is 11.2. The minimum absolute atomic E-state index is 0.216. The molecule has 1 aliphatic heterocycles. The zero-order valence-corrected chi connectivity index (χ0v) is 19.7. The van der Waals surface area contributed by atoms with Crippen molar-refractivity contribution in [3.8, 4) is 5.69 Å². The highest BCUT2D eigenvalue weighted by atomic mass is 16.6. The van der Waals surface area contributed by atoms with E-state index in [1.807, 2.05) is 63.2 Å². The highest BCUT2D eigenvalue weighted by Crippen LogP contribution is 2.39. The number of aromatic nitrogens is 3. The molecule has 0 saturated carbocycles. The molecule has 4 rings (SSSR count). The topological polar surface area (TPSA) is 80.6 Å². The van der Waals surface area contributed by atoms with Gasteiger partial charge in [0.1, 0.15) is 0 Å². The Balaban J connectivity index is 1.79. The van der Waals surface area contributed by atoms with Crippen LogP contribution in [0.15, 0.2) is 42.5 Å². The SMILES string of the molecule is CCOC(=O)N1c2cc(C)c(C)cc2N(C(=O)c2nn(-c3ccccc3)nc2C)CC1CC. The highest BCUT2D eigenvalue weighted by Gasteiger charge is 2.38. The molecule has 172 valence electrons. The highest BCUT2D eigenvalue weighted by molar-refractivity contribution is 6.10. The van der Waals surface area contributed by atoms with Crippen LogP contribution in [0.3, 0.4) is 0 Å². The smallest absolute Gasteiger partial charge is 0.414 e. The Hall–Kier alpha value is -3.68. The van der Waals surface area contributed by atoms with E-state index < -0.39 is 6.09 Å². The lowest BCUT2D eigenvalue weighted by molar-refractivity contribution is 0.0975. The van der Waals surface area contributed by atoms with Gasteiger partial charge in [-0.1, -0.05) is 25.1 Å². The minimum Gasteiger partial charge on any atom is -0.449 e. The van der Waals surface area contributed by atoms with E-state index in [1.54, 1.807) is 23.6 Å². The van der Waals surface area contributed by atoms with Crippen LogP contribution in [0, 0.1) is 20.8 Å². The van der Waals surface area contributed by atoms with Crippen molar-refractivity contribution < 1.29 is 14.3 Å². The number of nitrogens with zero attached hydrogens (tertiary/aromatic N) is 5. The summed E-state index contributed by atoms with van der Waals surface area (Å²) in [4.78, 5) is 31.5. The molecule has 1 unspecified atom stereocenters. The number of hydrogen-bond donors (Lipinski definition) is 0. The van der Waals surface area contributed by atoms with Crippen molar-refractivity contribution in [2.45, 2.75) is 47.1 Å². The third-order valence-corrected chi connectivity index (χ3v) is 6.05. The number of benzene rings is 2. The van der Waals surface area contributed by atoms with Gasteiger partial charge in [-0.15, -0.1) is 5.10 Å². The molecule has 0 bridgehead atoms. The lowest BCUT2D eigenvalue weighted by atomic mass is 10.00. The summed E-state index contributed by atoms with van der Waals surface area (Å²) in [6, 6.07) is 13.2. The number of carbonyl (C=O) groups is 2. The molecule has 1 aliphatic rings. The van der Waals surface area contributed by atoms with Gasteiger partial charge in [-0.3, -0.25) is 9.69 Å². The molecule has 0 saturated heterocycles. The maximum atomic E-state index is 13.8. The Kier molecular flexibility index (Phi) is 6.18. The van der Waals surface area contributed by atoms with Gasteiger partial charge in [0, 0.05) is 6.54 Å². The third-order valence-electron chi connectivity index (χ3n) is 6.05. The molecule has 0 spiro atoms. The summed E-state index contributed by atoms with van der Waals surface area (Å²) in [5, 5.41) is 8.98. The summed E-state index contributed by atoms with van der Waals surface area (Å²) in [7, 11) is 0. The van der Waals surface area contributed by atoms with Gasteiger partial charge in [0.05, 0.1) is 35.4 Å². The Bertz CT molecular complexity index is 1190. The molecule has 1 aromatic heterocycles. The van der Waals surface area contributed by atoms with Crippen molar-refractivity contribution >= 4 is 23.4 Å². The molecule has 8 heteroatoms. The van der Waals surface area contributed by atoms with Crippen LogP contribution in [0.4, 0.5) is 16.2 Å². The van der Waals surface area contributed by atoms with E-state index in [0.29, 0.717) is 35.7 Å². The predicted octanol–water partition coefficient (Wildman–Crippen LogP) is 4.59. The molecule has 33 heavy (non-hydrogen) atoms. The second kappa shape index (κ2) is 9.05. The molecule has 3 aromatic rings. The van der Waals surface area contributed by atoms with Crippen molar-refractivity contribution in [1.29, 1.82) is 0 Å². The fourth-order valence-corrected chi connectivity index (χ4v) is 4.11. The van der Waals surface area contributed by atoms with Crippen LogP contribution in [0.25, 0.3) is 5.69 Å². The van der Waals surface area contributed by atoms with E-state index in [-0.39, 0.29) is 18.6 Å². The normalized spacial score (nSPS) is 15.4. The number of amides is 2. The van der Waals surface area contributed by atoms with E-state index in [0.717, 1.165) is 16.8 Å². The predicted molar refractivity (Wildman–Crippen MR) is 127 cm³/mol. The second-order valence-electron chi connectivity index (χ2n) is 8.23. The quantitative estimate of drug-likeness (QED) is 0.584. The lowest BCUT2D eigenvalue weighted by Crippen LogP contribution is -2.53. The first-order valence-electron chi connectivity index (χ1n) is 11.2. The molecule has 0 radical (unpaired) electrons. The number of fused-ring (bicyclic) bond motifs is 1. The number of para-hydroxylation sites is 1. The van der Waals surface area contributed by atoms with Crippen molar-refractivity contribution in [2.75, 3.05) is 23.0 Å². The van der Waals surface area contributed by atoms with Gasteiger partial charge in [-0.05, 0) is 69.5 Å². The zero-order valence-electron chi connectivity index (χ0n) is 19.7. The number of rotatable bonds is 4. The Labute approximate surface area is 193 Å². The van der Waals surface area contributed by atoms with Gasteiger partial charge in [0.2, 0.25) is 0 Å². The Morgan fingerprint density at radius 1 is 1.00 bits per heavy atom. The molecular formula is C25H29N5O3. The van der Waals surface area contributed by atoms with Gasteiger partial charge in [-0.25, -0.2) is 4.79 Å². The van der Waals surface area contributed by atoms with Crippen LogP contribution in [-0.2, 0) is 4.74 Å². The van der Waals surface area contributed by atoms with Gasteiger partial charge in [0.15, 0.2) is 5.69 Å². The summed E-state index contributed by atoms with van der Waals surface area (Å²) < 4.78 is 5.35. The summed E-state index contributed by atoms with van der Waals surface area (Å²) in [5.74, 6) is -0.235. The van der Waals surface area contributed by atoms with Crippen molar-refractivity contribution in [2.24, 2.45) is 0 Å². The van der Waals surface area contributed by atoms with Crippen LogP contribution in [-0.4, -0.2) is 46.2 Å². The molecule has 2 aromatic carbocycles. The van der Waals surface area contributed by atoms with Gasteiger partial charge in [-0.2, -0.15) is 9.90 Å². The minimum atomic E-state index is -0.396. The molecule has 0 fully saturated rings. The molecule has 2 heterocycles. The number of anilines is 2. The van der Waals surface area contributed by atoms with Crippen LogP contribution in [0.5, 0.6) is 0 Å². The van der Waals surface area contributed by atoms with Crippen LogP contribution >= 0.6 is 0 Å². The number of carbonyl (C=O) groups excluding carboxylic acids is 2. The monoisotopic (exact) mass is 447 g/mol. The van der Waals surface area contributed by atoms with Crippen LogP contribution < -0.4 is 9.80 Å². The van der Waals surface area contributed by atoms with Crippen molar-refractivity contribution in [1.82, 2.24) is 15.0 Å². The van der Waals surface area contributed by atoms with Crippen molar-refractivity contribution in [3.05, 3.63) is 65.0 Å². The van der Waals surface area contributed by atoms with Gasteiger partial charge in [0.25, 0.3) is 5.91 Å². The van der Waals surface area contributed by atoms with E-state index in [1.165, 1.54) is 4.80 Å². The summed E-state index contributed by atoms with van der Waals surface area (Å²) in [6.07, 6.45) is 0.275. The largest absolute Gasteiger partial charge is 0.449 e. The zero-order chi connectivity index (χ0) is 23.7. The average Bonchev–Trinajstić information content (AvgIpc) is 3.20.